The van der Waals surface area contributed by atoms with Gasteiger partial charge < -0.3 is 4.74 Å². The van der Waals surface area contributed by atoms with Gasteiger partial charge in [-0.05, 0) is 38.0 Å². The molecule has 1 fully saturated rings. The Kier molecular flexibility index (Phi) is 12.4. The molecule has 0 aliphatic heterocycles. The fourth-order valence-corrected chi connectivity index (χ4v) is 2.49. The Morgan fingerprint density at radius 1 is 0.882 bits per heavy atom. The Hall–Kier alpha value is -0.0400. The van der Waals surface area contributed by atoms with Crippen LogP contribution in [-0.4, -0.2) is 12.7 Å². The lowest BCUT2D eigenvalue weighted by atomic mass is 9.86. The summed E-state index contributed by atoms with van der Waals surface area (Å²) in [7, 11) is 0. The second kappa shape index (κ2) is 12.4. The van der Waals surface area contributed by atoms with E-state index >= 15 is 0 Å². The molecule has 0 atom stereocenters. The minimum atomic E-state index is 0.592. The summed E-state index contributed by atoms with van der Waals surface area (Å²) in [6, 6.07) is 0. The van der Waals surface area contributed by atoms with Gasteiger partial charge in [0.15, 0.2) is 0 Å². The first-order valence-corrected chi connectivity index (χ1v) is 7.98. The molecule has 0 unspecified atom stereocenters. The normalized spacial score (nSPS) is 24.0. The molecule has 1 aliphatic carbocycles. The topological polar surface area (TPSA) is 9.23 Å². The van der Waals surface area contributed by atoms with Crippen molar-refractivity contribution >= 4 is 0 Å². The molecule has 0 heterocycles. The van der Waals surface area contributed by atoms with Crippen molar-refractivity contribution in [2.75, 3.05) is 6.61 Å². The fourth-order valence-electron chi connectivity index (χ4n) is 2.49. The van der Waals surface area contributed by atoms with Crippen molar-refractivity contribution < 1.29 is 4.74 Å². The molecule has 1 nitrogen and oxygen atoms in total. The zero-order chi connectivity index (χ0) is 12.9. The third-order valence-corrected chi connectivity index (χ3v) is 3.72. The van der Waals surface area contributed by atoms with Gasteiger partial charge in [0, 0.05) is 6.61 Å². The molecule has 0 amide bonds. The molecular formula is C16H34O. The highest BCUT2D eigenvalue weighted by molar-refractivity contribution is 4.71. The van der Waals surface area contributed by atoms with Crippen LogP contribution in [0.15, 0.2) is 0 Å². The van der Waals surface area contributed by atoms with Crippen LogP contribution in [-0.2, 0) is 4.74 Å². The Morgan fingerprint density at radius 2 is 1.53 bits per heavy atom. The summed E-state index contributed by atoms with van der Waals surface area (Å²) < 4.78 is 5.92. The first kappa shape index (κ1) is 17.0. The van der Waals surface area contributed by atoms with E-state index in [-0.39, 0.29) is 0 Å². The van der Waals surface area contributed by atoms with E-state index in [1.54, 1.807) is 0 Å². The molecule has 1 saturated carbocycles. The van der Waals surface area contributed by atoms with E-state index in [0.29, 0.717) is 6.10 Å². The number of rotatable bonds is 7. The van der Waals surface area contributed by atoms with E-state index in [9.17, 15) is 0 Å². The van der Waals surface area contributed by atoms with E-state index < -0.39 is 0 Å². The Labute approximate surface area is 109 Å². The maximum absolute atomic E-state index is 5.92. The van der Waals surface area contributed by atoms with Crippen molar-refractivity contribution in [3.05, 3.63) is 0 Å². The highest BCUT2D eigenvalue weighted by Gasteiger charge is 2.19. The van der Waals surface area contributed by atoms with Crippen LogP contribution < -0.4 is 0 Å². The molecule has 0 N–H and O–H groups in total. The average Bonchev–Trinajstić information content (AvgIpc) is 2.41. The van der Waals surface area contributed by atoms with Crippen LogP contribution in [0.25, 0.3) is 0 Å². The highest BCUT2D eigenvalue weighted by Crippen LogP contribution is 2.28. The van der Waals surface area contributed by atoms with Crippen molar-refractivity contribution in [3.63, 3.8) is 0 Å². The van der Waals surface area contributed by atoms with Gasteiger partial charge in [-0.2, -0.15) is 0 Å². The largest absolute Gasteiger partial charge is 0.378 e. The van der Waals surface area contributed by atoms with Gasteiger partial charge in [-0.1, -0.05) is 53.4 Å². The average molecular weight is 242 g/mol. The maximum atomic E-state index is 5.92. The predicted octanol–water partition coefficient (Wildman–Crippen LogP) is 5.58. The van der Waals surface area contributed by atoms with Crippen LogP contribution in [0, 0.1) is 5.92 Å². The molecule has 17 heavy (non-hydrogen) atoms. The highest BCUT2D eigenvalue weighted by atomic mass is 16.5. The van der Waals surface area contributed by atoms with Gasteiger partial charge in [-0.25, -0.2) is 0 Å². The molecule has 0 aromatic carbocycles. The minimum absolute atomic E-state index is 0.592. The predicted molar refractivity (Wildman–Crippen MR) is 77.5 cm³/mol. The van der Waals surface area contributed by atoms with Crippen LogP contribution in [0.2, 0.25) is 0 Å². The third kappa shape index (κ3) is 8.65. The van der Waals surface area contributed by atoms with Gasteiger partial charge in [-0.3, -0.25) is 0 Å². The SMILES string of the molecule is CC.CCCCCCOC1CCC(CC)CC1. The summed E-state index contributed by atoms with van der Waals surface area (Å²) in [6.45, 7) is 9.57. The van der Waals surface area contributed by atoms with E-state index in [1.807, 2.05) is 13.8 Å². The van der Waals surface area contributed by atoms with Crippen LogP contribution in [0.1, 0.15) is 85.5 Å². The summed E-state index contributed by atoms with van der Waals surface area (Å²) in [4.78, 5) is 0. The Morgan fingerprint density at radius 3 is 2.06 bits per heavy atom. The zero-order valence-corrected chi connectivity index (χ0v) is 12.6. The molecule has 0 aromatic heterocycles. The number of ether oxygens (including phenoxy) is 1. The van der Waals surface area contributed by atoms with E-state index in [2.05, 4.69) is 13.8 Å². The molecular weight excluding hydrogens is 208 g/mol. The summed E-state index contributed by atoms with van der Waals surface area (Å²) >= 11 is 0. The lowest BCUT2D eigenvalue weighted by Gasteiger charge is -2.27. The molecule has 0 spiro atoms. The second-order valence-corrected chi connectivity index (χ2v) is 4.98. The monoisotopic (exact) mass is 242 g/mol. The Bertz CT molecular complexity index is 136. The standard InChI is InChI=1S/C14H28O.C2H6/c1-3-5-6-7-12-15-14-10-8-13(4-2)9-11-14;1-2/h13-14H,3-12H2,1-2H3;1-2H3. The van der Waals surface area contributed by atoms with Crippen LogP contribution in [0.4, 0.5) is 0 Å². The first-order chi connectivity index (χ1) is 8.36. The molecule has 0 bridgehead atoms. The van der Waals surface area contributed by atoms with Crippen molar-refractivity contribution in [2.45, 2.75) is 91.6 Å². The lowest BCUT2D eigenvalue weighted by Crippen LogP contribution is -2.21. The summed E-state index contributed by atoms with van der Waals surface area (Å²) in [5.74, 6) is 0.991. The molecule has 0 radical (unpaired) electrons. The van der Waals surface area contributed by atoms with Crippen molar-refractivity contribution in [2.24, 2.45) is 5.92 Å². The summed E-state index contributed by atoms with van der Waals surface area (Å²) in [6.07, 6.45) is 12.7. The molecule has 1 rings (SSSR count). The fraction of sp³-hybridized carbons (Fsp3) is 1.00. The van der Waals surface area contributed by atoms with Crippen molar-refractivity contribution in [3.8, 4) is 0 Å². The van der Waals surface area contributed by atoms with E-state index in [4.69, 9.17) is 4.74 Å². The minimum Gasteiger partial charge on any atom is -0.378 e. The van der Waals surface area contributed by atoms with Crippen LogP contribution in [0.3, 0.4) is 0 Å². The first-order valence-electron chi connectivity index (χ1n) is 7.98. The lowest BCUT2D eigenvalue weighted by molar-refractivity contribution is 0.0158. The number of unbranched alkanes of at least 4 members (excludes halogenated alkanes) is 3. The Balaban J connectivity index is 0.00000121. The number of hydrogen-bond acceptors (Lipinski definition) is 1. The van der Waals surface area contributed by atoms with Gasteiger partial charge in [0.1, 0.15) is 0 Å². The molecule has 104 valence electrons. The van der Waals surface area contributed by atoms with E-state index in [0.717, 1.165) is 12.5 Å². The van der Waals surface area contributed by atoms with Gasteiger partial charge in [0.2, 0.25) is 0 Å². The summed E-state index contributed by atoms with van der Waals surface area (Å²) in [5.41, 5.74) is 0. The second-order valence-electron chi connectivity index (χ2n) is 4.98. The van der Waals surface area contributed by atoms with Crippen molar-refractivity contribution in [1.82, 2.24) is 0 Å². The number of hydrogen-bond donors (Lipinski definition) is 0. The zero-order valence-electron chi connectivity index (χ0n) is 12.6. The maximum Gasteiger partial charge on any atom is 0.0575 e. The van der Waals surface area contributed by atoms with Crippen molar-refractivity contribution in [1.29, 1.82) is 0 Å². The smallest absolute Gasteiger partial charge is 0.0575 e. The quantitative estimate of drug-likeness (QED) is 0.530. The van der Waals surface area contributed by atoms with Gasteiger partial charge in [0.05, 0.1) is 6.10 Å². The summed E-state index contributed by atoms with van der Waals surface area (Å²) in [5, 5.41) is 0. The van der Waals surface area contributed by atoms with Gasteiger partial charge >= 0.3 is 0 Å². The molecule has 1 heteroatoms. The van der Waals surface area contributed by atoms with Gasteiger partial charge in [-0.15, -0.1) is 0 Å². The molecule has 1 aliphatic rings. The van der Waals surface area contributed by atoms with Gasteiger partial charge in [0.25, 0.3) is 0 Å². The third-order valence-electron chi connectivity index (χ3n) is 3.72. The molecule has 0 saturated heterocycles. The van der Waals surface area contributed by atoms with E-state index in [1.165, 1.54) is 57.8 Å². The van der Waals surface area contributed by atoms with Crippen LogP contribution in [0.5, 0.6) is 0 Å². The van der Waals surface area contributed by atoms with Crippen LogP contribution >= 0.6 is 0 Å². The molecule has 0 aromatic rings.